The second-order valence-corrected chi connectivity index (χ2v) is 5.95. The van der Waals surface area contributed by atoms with Crippen LogP contribution in [0.25, 0.3) is 0 Å². The number of benzene rings is 2. The van der Waals surface area contributed by atoms with Crippen LogP contribution < -0.4 is 18.9 Å². The van der Waals surface area contributed by atoms with Gasteiger partial charge in [-0.15, -0.1) is 0 Å². The first-order valence-electron chi connectivity index (χ1n) is 7.86. The number of hydrogen-bond acceptors (Lipinski definition) is 5. The van der Waals surface area contributed by atoms with E-state index in [9.17, 15) is 4.79 Å². The highest BCUT2D eigenvalue weighted by Gasteiger charge is 2.15. The molecule has 2 aromatic rings. The van der Waals surface area contributed by atoms with Gasteiger partial charge in [-0.1, -0.05) is 19.9 Å². The minimum absolute atomic E-state index is 0.158. The Bertz CT molecular complexity index is 751. The molecule has 0 bridgehead atoms. The maximum Gasteiger partial charge on any atom is 0.349 e. The molecule has 126 valence electrons. The van der Waals surface area contributed by atoms with Crippen molar-refractivity contribution in [2.75, 3.05) is 13.4 Å². The van der Waals surface area contributed by atoms with E-state index in [1.807, 2.05) is 25.1 Å². The molecule has 0 aliphatic carbocycles. The van der Waals surface area contributed by atoms with Crippen LogP contribution in [0.3, 0.4) is 0 Å². The third-order valence-corrected chi connectivity index (χ3v) is 3.80. The molecule has 1 heterocycles. The Hall–Kier alpha value is -2.69. The van der Waals surface area contributed by atoms with Crippen LogP contribution in [0.1, 0.15) is 30.9 Å². The zero-order valence-corrected chi connectivity index (χ0v) is 14.0. The molecule has 0 amide bonds. The van der Waals surface area contributed by atoms with Gasteiger partial charge in [0.1, 0.15) is 11.5 Å². The number of ether oxygens (including phenoxy) is 4. The smallest absolute Gasteiger partial charge is 0.349 e. The largest absolute Gasteiger partial charge is 0.482 e. The molecule has 0 aromatic heterocycles. The van der Waals surface area contributed by atoms with Crippen molar-refractivity contribution in [1.82, 2.24) is 0 Å². The van der Waals surface area contributed by atoms with Crippen LogP contribution in [-0.2, 0) is 4.79 Å². The SMILES string of the molecule is Cc1cc(OCC(=O)Oc2ccc3c(c2)OCO3)ccc1C(C)C. The van der Waals surface area contributed by atoms with Gasteiger partial charge in [0.15, 0.2) is 18.1 Å². The van der Waals surface area contributed by atoms with Crippen molar-refractivity contribution >= 4 is 5.97 Å². The Kier molecular flexibility index (Phi) is 4.60. The summed E-state index contributed by atoms with van der Waals surface area (Å²) in [5.74, 6) is 2.25. The zero-order valence-electron chi connectivity index (χ0n) is 14.0. The van der Waals surface area contributed by atoms with E-state index in [-0.39, 0.29) is 13.4 Å². The molecule has 1 aliphatic heterocycles. The first kappa shape index (κ1) is 16.2. The van der Waals surface area contributed by atoms with Gasteiger partial charge in [-0.25, -0.2) is 4.79 Å². The second kappa shape index (κ2) is 6.83. The summed E-state index contributed by atoms with van der Waals surface area (Å²) >= 11 is 0. The third-order valence-electron chi connectivity index (χ3n) is 3.80. The molecule has 5 heteroatoms. The molecule has 0 fully saturated rings. The summed E-state index contributed by atoms with van der Waals surface area (Å²) in [6.07, 6.45) is 0. The maximum absolute atomic E-state index is 11.9. The molecule has 0 saturated carbocycles. The van der Waals surface area contributed by atoms with E-state index < -0.39 is 5.97 Å². The van der Waals surface area contributed by atoms with Crippen LogP contribution in [0.4, 0.5) is 0 Å². The number of carbonyl (C=O) groups is 1. The molecule has 0 saturated heterocycles. The van der Waals surface area contributed by atoms with Gasteiger partial charge in [0.2, 0.25) is 6.79 Å². The molecule has 1 aliphatic rings. The predicted octanol–water partition coefficient (Wildman–Crippen LogP) is 3.83. The van der Waals surface area contributed by atoms with Crippen LogP contribution in [0.15, 0.2) is 36.4 Å². The van der Waals surface area contributed by atoms with Crippen molar-refractivity contribution in [2.45, 2.75) is 26.7 Å². The lowest BCUT2D eigenvalue weighted by atomic mass is 9.98. The fourth-order valence-corrected chi connectivity index (χ4v) is 2.63. The normalized spacial score (nSPS) is 12.3. The van der Waals surface area contributed by atoms with E-state index in [1.165, 1.54) is 5.56 Å². The Morgan fingerprint density at radius 2 is 1.83 bits per heavy atom. The molecule has 0 atom stereocenters. The molecule has 24 heavy (non-hydrogen) atoms. The summed E-state index contributed by atoms with van der Waals surface area (Å²) in [4.78, 5) is 11.9. The number of rotatable bonds is 5. The zero-order chi connectivity index (χ0) is 17.1. The number of aryl methyl sites for hydroxylation is 1. The van der Waals surface area contributed by atoms with Gasteiger partial charge < -0.3 is 18.9 Å². The van der Waals surface area contributed by atoms with Crippen molar-refractivity contribution < 1.29 is 23.7 Å². The Labute approximate surface area is 141 Å². The highest BCUT2D eigenvalue weighted by molar-refractivity contribution is 5.74. The monoisotopic (exact) mass is 328 g/mol. The lowest BCUT2D eigenvalue weighted by molar-refractivity contribution is -0.136. The van der Waals surface area contributed by atoms with Gasteiger partial charge in [0.25, 0.3) is 0 Å². The summed E-state index contributed by atoms with van der Waals surface area (Å²) in [5.41, 5.74) is 2.41. The van der Waals surface area contributed by atoms with Crippen LogP contribution in [0, 0.1) is 6.92 Å². The highest BCUT2D eigenvalue weighted by atomic mass is 16.7. The topological polar surface area (TPSA) is 54.0 Å². The van der Waals surface area contributed by atoms with E-state index in [1.54, 1.807) is 18.2 Å². The van der Waals surface area contributed by atoms with Crippen LogP contribution in [0.5, 0.6) is 23.0 Å². The van der Waals surface area contributed by atoms with Gasteiger partial charge in [-0.2, -0.15) is 0 Å². The second-order valence-electron chi connectivity index (χ2n) is 5.95. The van der Waals surface area contributed by atoms with Gasteiger partial charge >= 0.3 is 5.97 Å². The molecule has 3 rings (SSSR count). The molecule has 0 N–H and O–H groups in total. The fraction of sp³-hybridized carbons (Fsp3) is 0.316. The predicted molar refractivity (Wildman–Crippen MR) is 89.0 cm³/mol. The van der Waals surface area contributed by atoms with Crippen LogP contribution in [0.2, 0.25) is 0 Å². The third kappa shape index (κ3) is 3.62. The Morgan fingerprint density at radius 3 is 2.58 bits per heavy atom. The molecule has 0 unspecified atom stereocenters. The van der Waals surface area contributed by atoms with E-state index in [4.69, 9.17) is 18.9 Å². The summed E-state index contributed by atoms with van der Waals surface area (Å²) < 4.78 is 21.2. The number of carbonyl (C=O) groups excluding carboxylic acids is 1. The quantitative estimate of drug-likeness (QED) is 0.617. The molecule has 5 nitrogen and oxygen atoms in total. The summed E-state index contributed by atoms with van der Waals surface area (Å²) in [7, 11) is 0. The van der Waals surface area contributed by atoms with Gasteiger partial charge in [-0.05, 0) is 48.2 Å². The van der Waals surface area contributed by atoms with Crippen molar-refractivity contribution in [3.8, 4) is 23.0 Å². The van der Waals surface area contributed by atoms with E-state index in [2.05, 4.69) is 13.8 Å². The maximum atomic E-state index is 11.9. The van der Waals surface area contributed by atoms with Crippen molar-refractivity contribution in [3.63, 3.8) is 0 Å². The standard InChI is InChI=1S/C19H20O5/c1-12(2)16-6-4-14(8-13(16)3)21-10-19(20)24-15-5-7-17-18(9-15)23-11-22-17/h4-9,12H,10-11H2,1-3H3. The van der Waals surface area contributed by atoms with Crippen LogP contribution in [-0.4, -0.2) is 19.4 Å². The lowest BCUT2D eigenvalue weighted by Gasteiger charge is -2.12. The number of hydrogen-bond donors (Lipinski definition) is 0. The summed E-state index contributed by atoms with van der Waals surface area (Å²) in [6.45, 7) is 6.35. The minimum Gasteiger partial charge on any atom is -0.482 e. The molecular formula is C19H20O5. The Morgan fingerprint density at radius 1 is 1.08 bits per heavy atom. The van der Waals surface area contributed by atoms with Gasteiger partial charge in [-0.3, -0.25) is 0 Å². The summed E-state index contributed by atoms with van der Waals surface area (Å²) in [5, 5.41) is 0. The molecule has 2 aromatic carbocycles. The number of fused-ring (bicyclic) bond motifs is 1. The average Bonchev–Trinajstić information content (AvgIpc) is 3.00. The first-order chi connectivity index (χ1) is 11.5. The van der Waals surface area contributed by atoms with Crippen molar-refractivity contribution in [1.29, 1.82) is 0 Å². The van der Waals surface area contributed by atoms with Crippen molar-refractivity contribution in [3.05, 3.63) is 47.5 Å². The van der Waals surface area contributed by atoms with Gasteiger partial charge in [0, 0.05) is 6.07 Å². The molecular weight excluding hydrogens is 308 g/mol. The van der Waals surface area contributed by atoms with Crippen LogP contribution >= 0.6 is 0 Å². The Balaban J connectivity index is 1.57. The van der Waals surface area contributed by atoms with E-state index in [0.717, 1.165) is 5.56 Å². The fourth-order valence-electron chi connectivity index (χ4n) is 2.63. The highest BCUT2D eigenvalue weighted by Crippen LogP contribution is 2.35. The van der Waals surface area contributed by atoms with E-state index in [0.29, 0.717) is 28.9 Å². The summed E-state index contributed by atoms with van der Waals surface area (Å²) in [6, 6.07) is 10.8. The lowest BCUT2D eigenvalue weighted by Crippen LogP contribution is -2.17. The molecule has 0 radical (unpaired) electrons. The van der Waals surface area contributed by atoms with Gasteiger partial charge in [0.05, 0.1) is 0 Å². The van der Waals surface area contributed by atoms with E-state index >= 15 is 0 Å². The number of esters is 1. The minimum atomic E-state index is -0.473. The first-order valence-corrected chi connectivity index (χ1v) is 7.86. The molecule has 0 spiro atoms. The average molecular weight is 328 g/mol. The van der Waals surface area contributed by atoms with Crippen molar-refractivity contribution in [2.24, 2.45) is 0 Å².